The molecule has 4 aromatic rings. The van der Waals surface area contributed by atoms with Crippen molar-refractivity contribution in [2.45, 2.75) is 6.04 Å². The van der Waals surface area contributed by atoms with E-state index in [0.29, 0.717) is 34.0 Å². The molecule has 3 aromatic carbocycles. The number of carbonyl (C=O) groups is 1. The summed E-state index contributed by atoms with van der Waals surface area (Å²) < 4.78 is 5.60. The van der Waals surface area contributed by atoms with Crippen LogP contribution in [0, 0.1) is 11.3 Å². The number of hydrogen-bond donors (Lipinski definition) is 0. The Bertz CT molecular complexity index is 1400. The second-order valence-electron chi connectivity index (χ2n) is 7.45. The van der Waals surface area contributed by atoms with Crippen LogP contribution in [-0.4, -0.2) is 22.5 Å². The van der Waals surface area contributed by atoms with E-state index < -0.39 is 6.04 Å². The van der Waals surface area contributed by atoms with Crippen molar-refractivity contribution < 1.29 is 9.32 Å². The molecule has 6 heteroatoms. The average molecular weight is 430 g/mol. The van der Waals surface area contributed by atoms with E-state index in [2.05, 4.69) is 16.2 Å². The molecule has 1 aliphatic rings. The van der Waals surface area contributed by atoms with Crippen molar-refractivity contribution in [3.8, 4) is 17.5 Å². The summed E-state index contributed by atoms with van der Waals surface area (Å²) in [6, 6.07) is 28.0. The fourth-order valence-electron chi connectivity index (χ4n) is 3.88. The van der Waals surface area contributed by atoms with E-state index in [4.69, 9.17) is 4.52 Å². The fraction of sp³-hybridized carbons (Fsp3) is 0.0370. The van der Waals surface area contributed by atoms with Crippen molar-refractivity contribution in [2.24, 2.45) is 0 Å². The van der Waals surface area contributed by atoms with Crippen LogP contribution in [0.2, 0.25) is 0 Å². The van der Waals surface area contributed by atoms with Crippen LogP contribution in [0.15, 0.2) is 102 Å². The number of hydrogen-bond acceptors (Lipinski definition) is 6. The first-order valence-corrected chi connectivity index (χ1v) is 10.4. The number of aromatic nitrogens is 2. The first kappa shape index (κ1) is 20.2. The number of para-hydroxylation sites is 1. The normalized spacial score (nSPS) is 15.4. The van der Waals surface area contributed by atoms with Crippen LogP contribution < -0.4 is 4.90 Å². The third-order valence-electron chi connectivity index (χ3n) is 5.45. The van der Waals surface area contributed by atoms with E-state index in [9.17, 15) is 10.1 Å². The van der Waals surface area contributed by atoms with Crippen molar-refractivity contribution in [1.29, 1.82) is 5.26 Å². The molecule has 0 N–H and O–H groups in total. The van der Waals surface area contributed by atoms with Crippen molar-refractivity contribution in [2.75, 3.05) is 4.90 Å². The Balaban J connectivity index is 1.66. The molecule has 0 fully saturated rings. The van der Waals surface area contributed by atoms with Crippen LogP contribution >= 0.6 is 0 Å². The van der Waals surface area contributed by atoms with E-state index in [1.807, 2.05) is 90.0 Å². The average Bonchev–Trinajstić information content (AvgIpc) is 3.39. The largest absolute Gasteiger partial charge is 0.334 e. The summed E-state index contributed by atoms with van der Waals surface area (Å²) in [5, 5.41) is 13.8. The van der Waals surface area contributed by atoms with Gasteiger partial charge in [-0.15, -0.1) is 0 Å². The van der Waals surface area contributed by atoms with Crippen molar-refractivity contribution in [3.63, 3.8) is 0 Å². The SMILES string of the molecule is N#Cc1ccccc1C1=CC(c2nc(-c3ccccc3)no2)=CN(c2ccccc2)C1C=O. The van der Waals surface area contributed by atoms with E-state index in [0.717, 1.165) is 17.5 Å². The molecular weight excluding hydrogens is 412 g/mol. The van der Waals surface area contributed by atoms with Gasteiger partial charge in [0.1, 0.15) is 12.3 Å². The molecule has 33 heavy (non-hydrogen) atoms. The van der Waals surface area contributed by atoms with Gasteiger partial charge in [0.05, 0.1) is 17.2 Å². The lowest BCUT2D eigenvalue weighted by Gasteiger charge is -2.33. The van der Waals surface area contributed by atoms with Crippen LogP contribution in [0.3, 0.4) is 0 Å². The fourth-order valence-corrected chi connectivity index (χ4v) is 3.88. The number of allylic oxidation sites excluding steroid dienone is 2. The lowest BCUT2D eigenvalue weighted by atomic mass is 9.90. The van der Waals surface area contributed by atoms with Crippen LogP contribution in [-0.2, 0) is 4.79 Å². The third kappa shape index (κ3) is 3.84. The lowest BCUT2D eigenvalue weighted by Crippen LogP contribution is -2.35. The predicted octanol–water partition coefficient (Wildman–Crippen LogP) is 5.12. The maximum Gasteiger partial charge on any atom is 0.259 e. The van der Waals surface area contributed by atoms with Gasteiger partial charge in [-0.1, -0.05) is 71.9 Å². The second kappa shape index (κ2) is 8.77. The second-order valence-corrected chi connectivity index (χ2v) is 7.45. The van der Waals surface area contributed by atoms with Gasteiger partial charge in [-0.25, -0.2) is 0 Å². The van der Waals surface area contributed by atoms with E-state index in [1.165, 1.54) is 0 Å². The topological polar surface area (TPSA) is 83.0 Å². The molecule has 1 unspecified atom stereocenters. The van der Waals surface area contributed by atoms with Gasteiger partial charge >= 0.3 is 0 Å². The number of anilines is 1. The van der Waals surface area contributed by atoms with Crippen molar-refractivity contribution in [1.82, 2.24) is 10.1 Å². The summed E-state index contributed by atoms with van der Waals surface area (Å²) in [7, 11) is 0. The Labute approximate surface area is 190 Å². The maximum absolute atomic E-state index is 12.3. The zero-order valence-corrected chi connectivity index (χ0v) is 17.5. The number of nitriles is 1. The monoisotopic (exact) mass is 430 g/mol. The van der Waals surface area contributed by atoms with E-state index >= 15 is 0 Å². The first-order valence-electron chi connectivity index (χ1n) is 10.4. The summed E-state index contributed by atoms with van der Waals surface area (Å²) in [5.74, 6) is 0.800. The number of aldehydes is 1. The molecule has 0 spiro atoms. The van der Waals surface area contributed by atoms with Gasteiger partial charge in [0.25, 0.3) is 5.89 Å². The highest BCUT2D eigenvalue weighted by atomic mass is 16.5. The highest BCUT2D eigenvalue weighted by Crippen LogP contribution is 2.36. The van der Waals surface area contributed by atoms with Crippen LogP contribution in [0.1, 0.15) is 17.0 Å². The molecule has 1 aliphatic heterocycles. The van der Waals surface area contributed by atoms with Gasteiger partial charge in [-0.05, 0) is 35.4 Å². The Morgan fingerprint density at radius 2 is 1.64 bits per heavy atom. The molecule has 0 saturated heterocycles. The van der Waals surface area contributed by atoms with Gasteiger partial charge in [0.2, 0.25) is 5.82 Å². The minimum absolute atomic E-state index is 0.325. The van der Waals surface area contributed by atoms with Gasteiger partial charge < -0.3 is 14.2 Å². The molecule has 2 heterocycles. The zero-order chi connectivity index (χ0) is 22.6. The Kier molecular flexibility index (Phi) is 5.36. The number of benzene rings is 3. The molecule has 0 amide bonds. The van der Waals surface area contributed by atoms with Crippen LogP contribution in [0.4, 0.5) is 5.69 Å². The highest BCUT2D eigenvalue weighted by Gasteiger charge is 2.29. The third-order valence-corrected chi connectivity index (χ3v) is 5.45. The first-order chi connectivity index (χ1) is 16.3. The molecular formula is C27H18N4O2. The molecule has 1 aromatic heterocycles. The Morgan fingerprint density at radius 3 is 2.36 bits per heavy atom. The highest BCUT2D eigenvalue weighted by molar-refractivity contribution is 5.98. The smallest absolute Gasteiger partial charge is 0.259 e. The zero-order valence-electron chi connectivity index (χ0n) is 17.5. The maximum atomic E-state index is 12.3. The lowest BCUT2D eigenvalue weighted by molar-refractivity contribution is -0.107. The van der Waals surface area contributed by atoms with Gasteiger partial charge in [0, 0.05) is 17.5 Å². The minimum Gasteiger partial charge on any atom is -0.334 e. The molecule has 5 rings (SSSR count). The molecule has 0 bridgehead atoms. The van der Waals surface area contributed by atoms with Crippen LogP contribution in [0.5, 0.6) is 0 Å². The van der Waals surface area contributed by atoms with E-state index in [1.54, 1.807) is 12.1 Å². The molecule has 0 radical (unpaired) electrons. The van der Waals surface area contributed by atoms with Gasteiger partial charge in [-0.3, -0.25) is 0 Å². The number of carbonyl (C=O) groups excluding carboxylic acids is 1. The molecule has 1 atom stereocenters. The summed E-state index contributed by atoms with van der Waals surface area (Å²) in [5.41, 5.74) is 4.17. The Morgan fingerprint density at radius 1 is 0.939 bits per heavy atom. The number of rotatable bonds is 5. The van der Waals surface area contributed by atoms with Gasteiger partial charge in [-0.2, -0.15) is 10.2 Å². The summed E-state index contributed by atoms with van der Waals surface area (Å²) in [4.78, 5) is 18.8. The predicted molar refractivity (Wildman–Crippen MR) is 126 cm³/mol. The van der Waals surface area contributed by atoms with E-state index in [-0.39, 0.29) is 0 Å². The Hall–Kier alpha value is -4.76. The van der Waals surface area contributed by atoms with Crippen molar-refractivity contribution in [3.05, 3.63) is 114 Å². The molecule has 6 nitrogen and oxygen atoms in total. The molecule has 0 saturated carbocycles. The minimum atomic E-state index is -0.623. The summed E-state index contributed by atoms with van der Waals surface area (Å²) >= 11 is 0. The summed E-state index contributed by atoms with van der Waals surface area (Å²) in [6.07, 6.45) is 4.55. The molecule has 0 aliphatic carbocycles. The standard InChI is InChI=1S/C27H18N4O2/c28-16-20-11-7-8-14-23(20)24-15-21(17-31(25(24)18-32)22-12-5-2-6-13-22)27-29-26(30-33-27)19-9-3-1-4-10-19/h1-15,17-18,25H. The number of nitrogens with zero attached hydrogens (tertiary/aromatic N) is 4. The van der Waals surface area contributed by atoms with Crippen molar-refractivity contribution >= 4 is 23.1 Å². The molecule has 158 valence electrons. The van der Waals surface area contributed by atoms with Gasteiger partial charge in [0.15, 0.2) is 0 Å². The quantitative estimate of drug-likeness (QED) is 0.409. The van der Waals surface area contributed by atoms with Crippen LogP contribution in [0.25, 0.3) is 22.5 Å². The summed E-state index contributed by atoms with van der Waals surface area (Å²) in [6.45, 7) is 0.